The summed E-state index contributed by atoms with van der Waals surface area (Å²) in [5.74, 6) is 1.46. The number of nitrogens with zero attached hydrogens (tertiary/aromatic N) is 1. The number of benzene rings is 2. The molecule has 3 aromatic rings. The first-order valence-corrected chi connectivity index (χ1v) is 10.1. The highest BCUT2D eigenvalue weighted by Gasteiger charge is 2.07. The van der Waals surface area contributed by atoms with Gasteiger partial charge in [-0.2, -0.15) is 0 Å². The Morgan fingerprint density at radius 1 is 1.17 bits per heavy atom. The molecule has 7 heteroatoms. The largest absolute Gasteiger partial charge is 0.491 e. The van der Waals surface area contributed by atoms with E-state index < -0.39 is 6.10 Å². The topological polar surface area (TPSA) is 81.7 Å². The second-order valence-electron chi connectivity index (χ2n) is 7.04. The van der Waals surface area contributed by atoms with Gasteiger partial charge >= 0.3 is 0 Å². The van der Waals surface area contributed by atoms with Gasteiger partial charge in [0.2, 0.25) is 0 Å². The molecule has 162 valence electrons. The number of para-hydroxylation sites is 1. The van der Waals surface area contributed by atoms with Crippen LogP contribution in [0.4, 0.5) is 0 Å². The van der Waals surface area contributed by atoms with Crippen LogP contribution in [0.15, 0.2) is 59.7 Å². The van der Waals surface area contributed by atoms with Crippen LogP contribution in [-0.4, -0.2) is 48.4 Å². The Labute approximate surface area is 195 Å². The lowest BCUT2D eigenvalue weighted by Gasteiger charge is -2.14. The van der Waals surface area contributed by atoms with E-state index in [1.54, 1.807) is 0 Å². The average Bonchev–Trinajstić information content (AvgIpc) is 3.14. The quantitative estimate of drug-likeness (QED) is 0.197. The van der Waals surface area contributed by atoms with Crippen LogP contribution in [0.3, 0.4) is 0 Å². The van der Waals surface area contributed by atoms with Gasteiger partial charge in [0.15, 0.2) is 5.96 Å². The van der Waals surface area contributed by atoms with Crippen LogP contribution in [0.25, 0.3) is 10.9 Å². The minimum absolute atomic E-state index is 0. The Hall–Kier alpha value is -2.26. The Kier molecular flexibility index (Phi) is 9.96. The third-order valence-corrected chi connectivity index (χ3v) is 4.60. The lowest BCUT2D eigenvalue weighted by Crippen LogP contribution is -2.39. The number of H-pyrrole nitrogens is 1. The molecule has 0 aliphatic carbocycles. The third-order valence-electron chi connectivity index (χ3n) is 4.60. The fourth-order valence-corrected chi connectivity index (χ4v) is 3.14. The molecule has 0 aliphatic rings. The van der Waals surface area contributed by atoms with E-state index in [1.807, 2.05) is 44.2 Å². The molecular formula is C23H31IN4O2. The number of guanidine groups is 1. The molecule has 4 N–H and O–H groups in total. The molecule has 30 heavy (non-hydrogen) atoms. The first-order chi connectivity index (χ1) is 14.2. The zero-order valence-electron chi connectivity index (χ0n) is 17.5. The van der Waals surface area contributed by atoms with Crippen LogP contribution in [-0.2, 0) is 6.42 Å². The Bertz CT molecular complexity index is 942. The van der Waals surface area contributed by atoms with Crippen LogP contribution >= 0.6 is 24.0 Å². The van der Waals surface area contributed by atoms with Crippen LogP contribution in [0, 0.1) is 6.92 Å². The number of aliphatic imine (C=N–C) groups is 1. The second-order valence-corrected chi connectivity index (χ2v) is 7.04. The zero-order valence-corrected chi connectivity index (χ0v) is 19.9. The Balaban J connectivity index is 0.00000320. The molecule has 6 nitrogen and oxygen atoms in total. The lowest BCUT2D eigenvalue weighted by atomic mass is 10.1. The Morgan fingerprint density at radius 2 is 2.00 bits per heavy atom. The van der Waals surface area contributed by atoms with Crippen LogP contribution < -0.4 is 15.4 Å². The normalized spacial score (nSPS) is 12.3. The summed E-state index contributed by atoms with van der Waals surface area (Å²) < 4.78 is 5.65. The third kappa shape index (κ3) is 7.21. The van der Waals surface area contributed by atoms with Gasteiger partial charge in [-0.1, -0.05) is 30.3 Å². The van der Waals surface area contributed by atoms with Gasteiger partial charge in [0.05, 0.1) is 6.54 Å². The van der Waals surface area contributed by atoms with E-state index in [2.05, 4.69) is 45.0 Å². The van der Waals surface area contributed by atoms with Gasteiger partial charge in [0.25, 0.3) is 0 Å². The number of hydrogen-bond acceptors (Lipinski definition) is 3. The molecule has 0 aliphatic heterocycles. The van der Waals surface area contributed by atoms with Gasteiger partial charge in [-0.15, -0.1) is 24.0 Å². The van der Waals surface area contributed by atoms with Crippen LogP contribution in [0.1, 0.15) is 18.1 Å². The van der Waals surface area contributed by atoms with Crippen molar-refractivity contribution < 1.29 is 9.84 Å². The Morgan fingerprint density at radius 3 is 2.80 bits per heavy atom. The number of rotatable bonds is 9. The van der Waals surface area contributed by atoms with Gasteiger partial charge in [-0.3, -0.25) is 4.99 Å². The van der Waals surface area contributed by atoms with Crippen molar-refractivity contribution in [3.63, 3.8) is 0 Å². The van der Waals surface area contributed by atoms with E-state index in [-0.39, 0.29) is 37.1 Å². The van der Waals surface area contributed by atoms with Crippen molar-refractivity contribution in [1.82, 2.24) is 15.6 Å². The zero-order chi connectivity index (χ0) is 20.5. The molecular weight excluding hydrogens is 491 g/mol. The van der Waals surface area contributed by atoms with E-state index in [4.69, 9.17) is 4.74 Å². The molecule has 0 fully saturated rings. The number of aliphatic hydroxyl groups excluding tert-OH is 1. The number of ether oxygens (including phenoxy) is 1. The highest BCUT2D eigenvalue weighted by atomic mass is 127. The van der Waals surface area contributed by atoms with Crippen molar-refractivity contribution in [2.24, 2.45) is 4.99 Å². The molecule has 1 atom stereocenters. The fraction of sp³-hybridized carbons (Fsp3) is 0.348. The number of aliphatic hydroxyl groups is 1. The van der Waals surface area contributed by atoms with Crippen molar-refractivity contribution in [1.29, 1.82) is 0 Å². The molecule has 1 aromatic heterocycles. The maximum Gasteiger partial charge on any atom is 0.191 e. The summed E-state index contributed by atoms with van der Waals surface area (Å²) in [7, 11) is 0. The summed E-state index contributed by atoms with van der Waals surface area (Å²) in [4.78, 5) is 7.78. The van der Waals surface area contributed by atoms with E-state index in [0.29, 0.717) is 5.96 Å². The van der Waals surface area contributed by atoms with E-state index in [1.165, 1.54) is 10.9 Å². The van der Waals surface area contributed by atoms with Crippen LogP contribution in [0.2, 0.25) is 0 Å². The average molecular weight is 522 g/mol. The predicted octanol–water partition coefficient (Wildman–Crippen LogP) is 3.63. The first-order valence-electron chi connectivity index (χ1n) is 10.1. The van der Waals surface area contributed by atoms with Crippen molar-refractivity contribution in [2.45, 2.75) is 26.4 Å². The molecule has 0 saturated heterocycles. The van der Waals surface area contributed by atoms with Crippen molar-refractivity contribution in [3.8, 4) is 5.75 Å². The van der Waals surface area contributed by atoms with Crippen molar-refractivity contribution >= 4 is 40.8 Å². The van der Waals surface area contributed by atoms with Gasteiger partial charge in [-0.25, -0.2) is 0 Å². The number of hydrogen-bond donors (Lipinski definition) is 4. The van der Waals surface area contributed by atoms with Crippen molar-refractivity contribution in [2.75, 3.05) is 26.2 Å². The highest BCUT2D eigenvalue weighted by molar-refractivity contribution is 14.0. The predicted molar refractivity (Wildman–Crippen MR) is 134 cm³/mol. The van der Waals surface area contributed by atoms with Gasteiger partial charge in [0.1, 0.15) is 18.5 Å². The summed E-state index contributed by atoms with van der Waals surface area (Å²) >= 11 is 0. The number of halogens is 1. The summed E-state index contributed by atoms with van der Waals surface area (Å²) in [6.45, 7) is 6.03. The van der Waals surface area contributed by atoms with Crippen LogP contribution in [0.5, 0.6) is 5.75 Å². The lowest BCUT2D eigenvalue weighted by molar-refractivity contribution is 0.114. The molecule has 2 aromatic carbocycles. The van der Waals surface area contributed by atoms with Gasteiger partial charge in [0, 0.05) is 30.2 Å². The fourth-order valence-electron chi connectivity index (χ4n) is 3.14. The summed E-state index contributed by atoms with van der Waals surface area (Å²) in [5, 5.41) is 18.0. The summed E-state index contributed by atoms with van der Waals surface area (Å²) in [6, 6.07) is 16.1. The monoisotopic (exact) mass is 522 g/mol. The maximum absolute atomic E-state index is 10.2. The number of aromatic amines is 1. The molecule has 0 radical (unpaired) electrons. The number of fused-ring (bicyclic) bond motifs is 1. The van der Waals surface area contributed by atoms with E-state index >= 15 is 0 Å². The maximum atomic E-state index is 10.2. The molecule has 0 amide bonds. The summed E-state index contributed by atoms with van der Waals surface area (Å²) in [6.07, 6.45) is 2.27. The minimum atomic E-state index is -0.667. The van der Waals surface area contributed by atoms with E-state index in [9.17, 15) is 5.11 Å². The molecule has 0 bridgehead atoms. The van der Waals surface area contributed by atoms with Gasteiger partial charge in [-0.05, 0) is 49.6 Å². The summed E-state index contributed by atoms with van der Waals surface area (Å²) in [5.41, 5.74) is 3.55. The highest BCUT2D eigenvalue weighted by Crippen LogP contribution is 2.17. The SMILES string of the molecule is CCNC(=NCC(O)COc1cccc(C)c1)NCCc1c[nH]c2ccccc12.I. The molecule has 1 heterocycles. The smallest absolute Gasteiger partial charge is 0.191 e. The van der Waals surface area contributed by atoms with E-state index in [0.717, 1.165) is 36.3 Å². The van der Waals surface area contributed by atoms with Gasteiger partial charge < -0.3 is 25.5 Å². The second kappa shape index (κ2) is 12.4. The molecule has 0 saturated carbocycles. The first kappa shape index (κ1) is 24.0. The minimum Gasteiger partial charge on any atom is -0.491 e. The number of aryl methyl sites for hydroxylation is 1. The molecule has 1 unspecified atom stereocenters. The molecule has 0 spiro atoms. The number of nitrogens with one attached hydrogen (secondary N) is 3. The van der Waals surface area contributed by atoms with Crippen molar-refractivity contribution in [3.05, 3.63) is 65.9 Å². The standard InChI is InChI=1S/C23H30N4O2.HI/c1-3-24-23(25-12-11-18-14-26-22-10-5-4-9-21(18)22)27-15-19(28)16-29-20-8-6-7-17(2)13-20;/h4-10,13-14,19,26,28H,3,11-12,15-16H2,1-2H3,(H2,24,25,27);1H. The number of aromatic nitrogens is 1. The molecule has 3 rings (SSSR count).